The first kappa shape index (κ1) is 8.14. The van der Waals surface area contributed by atoms with E-state index < -0.39 is 0 Å². The fourth-order valence-electron chi connectivity index (χ4n) is 1.17. The highest BCUT2D eigenvalue weighted by Crippen LogP contribution is 2.21. The van der Waals surface area contributed by atoms with Gasteiger partial charge in [0.2, 0.25) is 0 Å². The van der Waals surface area contributed by atoms with Crippen LogP contribution >= 0.6 is 11.3 Å². The second-order valence-electron chi connectivity index (χ2n) is 2.79. The number of fused-ring (bicyclic) bond motifs is 1. The maximum absolute atomic E-state index is 8.78. The summed E-state index contributed by atoms with van der Waals surface area (Å²) in [6.45, 7) is 3.76. The molecule has 0 amide bonds. The summed E-state index contributed by atoms with van der Waals surface area (Å²) in [6, 6.07) is 3.96. The zero-order valence-electron chi connectivity index (χ0n) is 7.33. The summed E-state index contributed by atoms with van der Waals surface area (Å²) >= 11 is 1.57. The predicted molar refractivity (Wildman–Crippen MR) is 51.6 cm³/mol. The third-order valence-corrected chi connectivity index (χ3v) is 2.71. The van der Waals surface area contributed by atoms with E-state index in [0.29, 0.717) is 5.56 Å². The number of pyridine rings is 1. The van der Waals surface area contributed by atoms with E-state index in [1.807, 2.05) is 19.9 Å². The van der Waals surface area contributed by atoms with E-state index in [1.165, 1.54) is 0 Å². The van der Waals surface area contributed by atoms with E-state index in [9.17, 15) is 0 Å². The molecular weight excluding hydrogens is 182 g/mol. The number of aromatic nitrogens is 2. The SMILES string of the molecule is Cc1nc2nc(C)c(C#N)cc2s1. The molecule has 2 rings (SSSR count). The van der Waals surface area contributed by atoms with Gasteiger partial charge in [-0.1, -0.05) is 0 Å². The lowest BCUT2D eigenvalue weighted by Crippen LogP contribution is -1.87. The number of hydrogen-bond acceptors (Lipinski definition) is 4. The normalized spacial score (nSPS) is 10.2. The Kier molecular flexibility index (Phi) is 1.74. The van der Waals surface area contributed by atoms with Gasteiger partial charge >= 0.3 is 0 Å². The van der Waals surface area contributed by atoms with E-state index in [4.69, 9.17) is 5.26 Å². The molecule has 0 atom stereocenters. The van der Waals surface area contributed by atoms with Crippen LogP contribution in [0.25, 0.3) is 10.3 Å². The van der Waals surface area contributed by atoms with Gasteiger partial charge in [-0.05, 0) is 19.9 Å². The first-order chi connectivity index (χ1) is 6.20. The molecule has 2 aromatic rings. The molecule has 0 aliphatic rings. The molecule has 0 aromatic carbocycles. The van der Waals surface area contributed by atoms with Crippen LogP contribution in [0.2, 0.25) is 0 Å². The van der Waals surface area contributed by atoms with E-state index >= 15 is 0 Å². The van der Waals surface area contributed by atoms with E-state index in [0.717, 1.165) is 21.0 Å². The molecular formula is C9H7N3S. The van der Waals surface area contributed by atoms with Crippen molar-refractivity contribution in [3.63, 3.8) is 0 Å². The lowest BCUT2D eigenvalue weighted by Gasteiger charge is -1.93. The van der Waals surface area contributed by atoms with Crippen LogP contribution < -0.4 is 0 Å². The number of nitrogens with zero attached hydrogens (tertiary/aromatic N) is 3. The Balaban J connectivity index is 2.82. The molecule has 0 saturated heterocycles. The molecule has 0 unspecified atom stereocenters. The van der Waals surface area contributed by atoms with Gasteiger partial charge in [0.15, 0.2) is 5.65 Å². The summed E-state index contributed by atoms with van der Waals surface area (Å²) in [4.78, 5) is 8.49. The van der Waals surface area contributed by atoms with Crippen LogP contribution in [0.5, 0.6) is 0 Å². The smallest absolute Gasteiger partial charge is 0.170 e. The van der Waals surface area contributed by atoms with Crippen molar-refractivity contribution in [3.05, 3.63) is 22.3 Å². The summed E-state index contributed by atoms with van der Waals surface area (Å²) in [7, 11) is 0. The second kappa shape index (κ2) is 2.79. The zero-order valence-corrected chi connectivity index (χ0v) is 8.14. The molecule has 13 heavy (non-hydrogen) atoms. The maximum atomic E-state index is 8.78. The molecule has 0 radical (unpaired) electrons. The highest BCUT2D eigenvalue weighted by molar-refractivity contribution is 7.18. The Morgan fingerprint density at radius 2 is 2.15 bits per heavy atom. The topological polar surface area (TPSA) is 49.6 Å². The number of rotatable bonds is 0. The molecule has 0 aliphatic heterocycles. The van der Waals surface area contributed by atoms with Crippen LogP contribution in [-0.2, 0) is 0 Å². The van der Waals surface area contributed by atoms with E-state index in [2.05, 4.69) is 16.0 Å². The molecule has 2 aromatic heterocycles. The van der Waals surface area contributed by atoms with Crippen molar-refractivity contribution in [3.8, 4) is 6.07 Å². The predicted octanol–water partition coefficient (Wildman–Crippen LogP) is 2.18. The van der Waals surface area contributed by atoms with Gasteiger partial charge in [-0.3, -0.25) is 0 Å². The molecule has 64 valence electrons. The van der Waals surface area contributed by atoms with Crippen molar-refractivity contribution in [2.24, 2.45) is 0 Å². The van der Waals surface area contributed by atoms with Crippen LogP contribution in [-0.4, -0.2) is 9.97 Å². The lowest BCUT2D eigenvalue weighted by atomic mass is 10.2. The van der Waals surface area contributed by atoms with Crippen LogP contribution in [0.1, 0.15) is 16.3 Å². The quantitative estimate of drug-likeness (QED) is 0.638. The molecule has 2 heterocycles. The minimum Gasteiger partial charge on any atom is -0.231 e. The van der Waals surface area contributed by atoms with Crippen molar-refractivity contribution >= 4 is 21.7 Å². The molecule has 0 bridgehead atoms. The summed E-state index contributed by atoms with van der Waals surface area (Å²) in [5.74, 6) is 0. The summed E-state index contributed by atoms with van der Waals surface area (Å²) in [6.07, 6.45) is 0. The van der Waals surface area contributed by atoms with Crippen molar-refractivity contribution in [2.75, 3.05) is 0 Å². The highest BCUT2D eigenvalue weighted by Gasteiger charge is 2.05. The maximum Gasteiger partial charge on any atom is 0.170 e. The Morgan fingerprint density at radius 3 is 2.85 bits per heavy atom. The Hall–Kier alpha value is -1.47. The van der Waals surface area contributed by atoms with Gasteiger partial charge in [-0.2, -0.15) is 5.26 Å². The molecule has 0 spiro atoms. The molecule has 4 heteroatoms. The fraction of sp³-hybridized carbons (Fsp3) is 0.222. The molecule has 3 nitrogen and oxygen atoms in total. The molecule has 0 saturated carbocycles. The van der Waals surface area contributed by atoms with Crippen molar-refractivity contribution in [1.82, 2.24) is 9.97 Å². The average Bonchev–Trinajstić information content (AvgIpc) is 2.42. The van der Waals surface area contributed by atoms with E-state index in [-0.39, 0.29) is 0 Å². The Labute approximate surface area is 79.7 Å². The molecule has 0 N–H and O–H groups in total. The third-order valence-electron chi connectivity index (χ3n) is 1.80. The summed E-state index contributed by atoms with van der Waals surface area (Å²) in [5, 5.41) is 9.76. The Morgan fingerprint density at radius 1 is 1.38 bits per heavy atom. The van der Waals surface area contributed by atoms with Gasteiger partial charge in [0.25, 0.3) is 0 Å². The van der Waals surface area contributed by atoms with Crippen molar-refractivity contribution < 1.29 is 0 Å². The van der Waals surface area contributed by atoms with Crippen LogP contribution in [0, 0.1) is 25.2 Å². The molecule has 0 aliphatic carbocycles. The number of nitriles is 1. The van der Waals surface area contributed by atoms with Crippen molar-refractivity contribution in [2.45, 2.75) is 13.8 Å². The van der Waals surface area contributed by atoms with Crippen LogP contribution in [0.3, 0.4) is 0 Å². The van der Waals surface area contributed by atoms with Gasteiger partial charge in [-0.15, -0.1) is 11.3 Å². The van der Waals surface area contributed by atoms with Crippen LogP contribution in [0.4, 0.5) is 0 Å². The van der Waals surface area contributed by atoms with Crippen LogP contribution in [0.15, 0.2) is 6.07 Å². The van der Waals surface area contributed by atoms with Gasteiger partial charge in [0.05, 0.1) is 21.0 Å². The second-order valence-corrected chi connectivity index (χ2v) is 4.02. The van der Waals surface area contributed by atoms with Crippen molar-refractivity contribution in [1.29, 1.82) is 5.26 Å². The summed E-state index contributed by atoms with van der Waals surface area (Å²) < 4.78 is 0.986. The standard InChI is InChI=1S/C9H7N3S/c1-5-7(4-10)3-8-9(11-5)12-6(2)13-8/h3H,1-2H3. The number of aryl methyl sites for hydroxylation is 2. The highest BCUT2D eigenvalue weighted by atomic mass is 32.1. The average molecular weight is 189 g/mol. The first-order valence-corrected chi connectivity index (χ1v) is 4.67. The monoisotopic (exact) mass is 189 g/mol. The minimum atomic E-state index is 0.635. The molecule has 0 fully saturated rings. The largest absolute Gasteiger partial charge is 0.231 e. The first-order valence-electron chi connectivity index (χ1n) is 3.85. The van der Waals surface area contributed by atoms with E-state index in [1.54, 1.807) is 11.3 Å². The van der Waals surface area contributed by atoms with Gasteiger partial charge in [0, 0.05) is 0 Å². The lowest BCUT2D eigenvalue weighted by molar-refractivity contribution is 1.19. The Bertz CT molecular complexity index is 507. The van der Waals surface area contributed by atoms with Gasteiger partial charge < -0.3 is 0 Å². The summed E-state index contributed by atoms with van der Waals surface area (Å²) in [5.41, 5.74) is 2.13. The third kappa shape index (κ3) is 1.27. The fourth-order valence-corrected chi connectivity index (χ4v) is 1.98. The van der Waals surface area contributed by atoms with Gasteiger partial charge in [0.1, 0.15) is 6.07 Å². The number of thiazole rings is 1. The minimum absolute atomic E-state index is 0.635. The number of hydrogen-bond donors (Lipinski definition) is 0. The van der Waals surface area contributed by atoms with Gasteiger partial charge in [-0.25, -0.2) is 9.97 Å². The zero-order chi connectivity index (χ0) is 9.42.